The molecule has 0 unspecified atom stereocenters. The van der Waals surface area contributed by atoms with Gasteiger partial charge in [0.05, 0.1) is 5.52 Å². The Morgan fingerprint density at radius 3 is 2.33 bits per heavy atom. The predicted molar refractivity (Wildman–Crippen MR) is 88.7 cm³/mol. The van der Waals surface area contributed by atoms with E-state index in [1.807, 2.05) is 13.1 Å². The number of hydrogen-bond acceptors (Lipinski definition) is 3. The summed E-state index contributed by atoms with van der Waals surface area (Å²) in [5, 5.41) is 4.25. The van der Waals surface area contributed by atoms with Gasteiger partial charge < -0.3 is 5.32 Å². The molecule has 1 aromatic heterocycles. The van der Waals surface area contributed by atoms with Crippen molar-refractivity contribution in [1.29, 1.82) is 0 Å². The highest BCUT2D eigenvalue weighted by Crippen LogP contribution is 2.28. The van der Waals surface area contributed by atoms with Crippen LogP contribution in [0.25, 0.3) is 22.3 Å². The molecule has 0 aliphatic carbocycles. The largest absolute Gasteiger partial charge is 0.373 e. The van der Waals surface area contributed by atoms with E-state index >= 15 is 0 Å². The van der Waals surface area contributed by atoms with Crippen molar-refractivity contribution in [2.75, 3.05) is 12.4 Å². The molecule has 3 heteroatoms. The van der Waals surface area contributed by atoms with Gasteiger partial charge in [0.2, 0.25) is 0 Å². The fraction of sp³-hybridized carbons (Fsp3) is 0.222. The molecular formula is C18H19N3. The number of para-hydroxylation sites is 1. The van der Waals surface area contributed by atoms with E-state index in [0.717, 1.165) is 33.7 Å². The normalized spacial score (nSPS) is 10.9. The number of fused-ring (bicyclic) bond motifs is 1. The molecule has 0 saturated heterocycles. The Morgan fingerprint density at radius 2 is 1.57 bits per heavy atom. The van der Waals surface area contributed by atoms with Crippen molar-refractivity contribution in [2.24, 2.45) is 0 Å². The third kappa shape index (κ3) is 2.25. The number of anilines is 1. The SMILES string of the molecule is CNc1nc(-c2cccc(C)c2C)nc2c(C)cccc12. The van der Waals surface area contributed by atoms with Crippen molar-refractivity contribution in [3.63, 3.8) is 0 Å². The summed E-state index contributed by atoms with van der Waals surface area (Å²) < 4.78 is 0. The Morgan fingerprint density at radius 1 is 0.857 bits per heavy atom. The van der Waals surface area contributed by atoms with Crippen LogP contribution in [0, 0.1) is 20.8 Å². The fourth-order valence-electron chi connectivity index (χ4n) is 2.60. The van der Waals surface area contributed by atoms with Gasteiger partial charge in [-0.25, -0.2) is 9.97 Å². The van der Waals surface area contributed by atoms with Gasteiger partial charge in [-0.3, -0.25) is 0 Å². The van der Waals surface area contributed by atoms with E-state index in [1.54, 1.807) is 0 Å². The molecule has 0 amide bonds. The van der Waals surface area contributed by atoms with Crippen LogP contribution in [-0.2, 0) is 0 Å². The zero-order valence-electron chi connectivity index (χ0n) is 12.9. The monoisotopic (exact) mass is 277 g/mol. The van der Waals surface area contributed by atoms with E-state index in [9.17, 15) is 0 Å². The first kappa shape index (κ1) is 13.6. The third-order valence-corrected chi connectivity index (χ3v) is 4.01. The van der Waals surface area contributed by atoms with E-state index in [1.165, 1.54) is 11.1 Å². The number of aromatic nitrogens is 2. The summed E-state index contributed by atoms with van der Waals surface area (Å²) in [5.74, 6) is 1.65. The molecule has 1 heterocycles. The van der Waals surface area contributed by atoms with Crippen LogP contribution in [0.15, 0.2) is 36.4 Å². The third-order valence-electron chi connectivity index (χ3n) is 4.01. The molecule has 0 fully saturated rings. The molecule has 0 bridgehead atoms. The van der Waals surface area contributed by atoms with E-state index in [-0.39, 0.29) is 0 Å². The molecule has 21 heavy (non-hydrogen) atoms. The second kappa shape index (κ2) is 5.17. The van der Waals surface area contributed by atoms with Crippen molar-refractivity contribution < 1.29 is 0 Å². The van der Waals surface area contributed by atoms with Gasteiger partial charge in [0.15, 0.2) is 5.82 Å². The van der Waals surface area contributed by atoms with Gasteiger partial charge in [-0.15, -0.1) is 0 Å². The Hall–Kier alpha value is -2.42. The standard InChI is InChI=1S/C18H19N3/c1-11-7-5-9-14(13(11)3)18-20-16-12(2)8-6-10-15(16)17(19-4)21-18/h5-10H,1-4H3,(H,19,20,21). The summed E-state index contributed by atoms with van der Waals surface area (Å²) >= 11 is 0. The Balaban J connectivity index is 2.34. The highest BCUT2D eigenvalue weighted by atomic mass is 15.0. The molecular weight excluding hydrogens is 258 g/mol. The molecule has 0 radical (unpaired) electrons. The number of benzene rings is 2. The first-order chi connectivity index (χ1) is 10.1. The molecule has 0 aliphatic heterocycles. The molecule has 106 valence electrons. The molecule has 3 rings (SSSR count). The van der Waals surface area contributed by atoms with Crippen molar-refractivity contribution in [2.45, 2.75) is 20.8 Å². The zero-order chi connectivity index (χ0) is 15.0. The van der Waals surface area contributed by atoms with Crippen LogP contribution < -0.4 is 5.32 Å². The van der Waals surface area contributed by atoms with Crippen molar-refractivity contribution in [3.05, 3.63) is 53.1 Å². The van der Waals surface area contributed by atoms with Crippen LogP contribution in [0.3, 0.4) is 0 Å². The van der Waals surface area contributed by atoms with E-state index in [2.05, 4.69) is 56.4 Å². The minimum Gasteiger partial charge on any atom is -0.373 e. The Labute approximate surface area is 125 Å². The van der Waals surface area contributed by atoms with Gasteiger partial charge >= 0.3 is 0 Å². The lowest BCUT2D eigenvalue weighted by atomic mass is 10.0. The minimum absolute atomic E-state index is 0.780. The van der Waals surface area contributed by atoms with Crippen LogP contribution in [-0.4, -0.2) is 17.0 Å². The zero-order valence-corrected chi connectivity index (χ0v) is 12.9. The van der Waals surface area contributed by atoms with Gasteiger partial charge in [0.1, 0.15) is 5.82 Å². The second-order valence-corrected chi connectivity index (χ2v) is 5.36. The number of nitrogens with zero attached hydrogens (tertiary/aromatic N) is 2. The molecule has 0 atom stereocenters. The van der Waals surface area contributed by atoms with Crippen LogP contribution in [0.4, 0.5) is 5.82 Å². The molecule has 3 nitrogen and oxygen atoms in total. The maximum Gasteiger partial charge on any atom is 0.162 e. The lowest BCUT2D eigenvalue weighted by Crippen LogP contribution is -2.01. The quantitative estimate of drug-likeness (QED) is 0.760. The Bertz CT molecular complexity index is 822. The minimum atomic E-state index is 0.780. The molecule has 1 N–H and O–H groups in total. The predicted octanol–water partition coefficient (Wildman–Crippen LogP) is 4.26. The smallest absolute Gasteiger partial charge is 0.162 e. The number of hydrogen-bond donors (Lipinski definition) is 1. The summed E-state index contributed by atoms with van der Waals surface area (Å²) in [6.45, 7) is 6.32. The summed E-state index contributed by atoms with van der Waals surface area (Å²) in [6, 6.07) is 12.4. The lowest BCUT2D eigenvalue weighted by molar-refractivity contribution is 1.19. The van der Waals surface area contributed by atoms with Crippen LogP contribution in [0.2, 0.25) is 0 Å². The first-order valence-corrected chi connectivity index (χ1v) is 7.13. The lowest BCUT2D eigenvalue weighted by Gasteiger charge is -2.12. The van der Waals surface area contributed by atoms with E-state index < -0.39 is 0 Å². The topological polar surface area (TPSA) is 37.8 Å². The van der Waals surface area contributed by atoms with Gasteiger partial charge in [0.25, 0.3) is 0 Å². The maximum atomic E-state index is 4.80. The van der Waals surface area contributed by atoms with Crippen molar-refractivity contribution in [1.82, 2.24) is 9.97 Å². The fourth-order valence-corrected chi connectivity index (χ4v) is 2.60. The van der Waals surface area contributed by atoms with Gasteiger partial charge in [-0.05, 0) is 43.5 Å². The molecule has 0 saturated carbocycles. The highest BCUT2D eigenvalue weighted by molar-refractivity contribution is 5.92. The Kier molecular flexibility index (Phi) is 3.34. The summed E-state index contributed by atoms with van der Waals surface area (Å²) in [4.78, 5) is 9.51. The maximum absolute atomic E-state index is 4.80. The van der Waals surface area contributed by atoms with E-state index in [4.69, 9.17) is 9.97 Å². The van der Waals surface area contributed by atoms with Gasteiger partial charge in [-0.1, -0.05) is 30.3 Å². The van der Waals surface area contributed by atoms with Crippen LogP contribution in [0.1, 0.15) is 16.7 Å². The summed E-state index contributed by atoms with van der Waals surface area (Å²) in [6.07, 6.45) is 0. The second-order valence-electron chi connectivity index (χ2n) is 5.36. The molecule has 0 aliphatic rings. The van der Waals surface area contributed by atoms with Crippen molar-refractivity contribution >= 4 is 16.7 Å². The number of nitrogens with one attached hydrogen (secondary N) is 1. The summed E-state index contributed by atoms with van der Waals surface area (Å²) in [7, 11) is 1.90. The average Bonchev–Trinajstić information content (AvgIpc) is 2.49. The number of aryl methyl sites for hydroxylation is 2. The average molecular weight is 277 g/mol. The van der Waals surface area contributed by atoms with Crippen molar-refractivity contribution in [3.8, 4) is 11.4 Å². The van der Waals surface area contributed by atoms with E-state index in [0.29, 0.717) is 0 Å². The first-order valence-electron chi connectivity index (χ1n) is 7.13. The summed E-state index contributed by atoms with van der Waals surface area (Å²) in [5.41, 5.74) is 5.75. The number of rotatable bonds is 2. The van der Waals surface area contributed by atoms with Crippen LogP contribution >= 0.6 is 0 Å². The molecule has 2 aromatic carbocycles. The highest BCUT2D eigenvalue weighted by Gasteiger charge is 2.12. The molecule has 3 aromatic rings. The van der Waals surface area contributed by atoms with Gasteiger partial charge in [-0.2, -0.15) is 0 Å². The molecule has 0 spiro atoms. The van der Waals surface area contributed by atoms with Crippen LogP contribution in [0.5, 0.6) is 0 Å². The van der Waals surface area contributed by atoms with Gasteiger partial charge in [0, 0.05) is 18.0 Å².